The van der Waals surface area contributed by atoms with Crippen molar-refractivity contribution >= 4 is 52.3 Å². The number of aromatic nitrogens is 2. The van der Waals surface area contributed by atoms with E-state index in [1.165, 1.54) is 11.8 Å². The van der Waals surface area contributed by atoms with Crippen molar-refractivity contribution in [2.75, 3.05) is 30.3 Å². The molecule has 0 aliphatic carbocycles. The molecule has 1 fully saturated rings. The summed E-state index contributed by atoms with van der Waals surface area (Å²) in [7, 11) is 0. The van der Waals surface area contributed by atoms with Crippen LogP contribution in [0.1, 0.15) is 34.8 Å². The molecule has 6 rings (SSSR count). The predicted octanol–water partition coefficient (Wildman–Crippen LogP) is 6.03. The molecule has 0 spiro atoms. The Bertz CT molecular complexity index is 1510. The van der Waals surface area contributed by atoms with E-state index in [0.717, 1.165) is 52.4 Å². The molecule has 0 radical (unpaired) electrons. The van der Waals surface area contributed by atoms with Gasteiger partial charge >= 0.3 is 0 Å². The number of thioether (sulfide) groups is 1. The van der Waals surface area contributed by atoms with Crippen molar-refractivity contribution in [2.24, 2.45) is 0 Å². The maximum atomic E-state index is 13.8. The van der Waals surface area contributed by atoms with Gasteiger partial charge in [-0.1, -0.05) is 47.5 Å². The number of rotatable bonds is 7. The summed E-state index contributed by atoms with van der Waals surface area (Å²) in [4.78, 5) is 29.6. The summed E-state index contributed by atoms with van der Waals surface area (Å²) >= 11 is 9.56. The number of hydrogen-bond donors (Lipinski definition) is 1. The first-order valence-electron chi connectivity index (χ1n) is 13.3. The van der Waals surface area contributed by atoms with E-state index in [4.69, 9.17) is 21.4 Å². The van der Waals surface area contributed by atoms with E-state index in [-0.39, 0.29) is 35.5 Å². The summed E-state index contributed by atoms with van der Waals surface area (Å²) in [5.41, 5.74) is 4.61. The van der Waals surface area contributed by atoms with Gasteiger partial charge in [0.2, 0.25) is 11.8 Å². The Kier molecular flexibility index (Phi) is 7.98. The SMILES string of the molecule is Cc1ccc(-n2nc(-c3cccs3)c3c2N(CC(=O)NC[C@@H]2CCCO2)C(=O)CS[C@@H]3c2cccc(Cl)c2)cc1. The van der Waals surface area contributed by atoms with E-state index >= 15 is 0 Å². The Balaban J connectivity index is 1.50. The molecule has 2 aliphatic heterocycles. The number of anilines is 1. The molecule has 1 N–H and O–H groups in total. The van der Waals surface area contributed by atoms with Gasteiger partial charge < -0.3 is 10.1 Å². The topological polar surface area (TPSA) is 76.5 Å². The van der Waals surface area contributed by atoms with E-state index < -0.39 is 0 Å². The van der Waals surface area contributed by atoms with Gasteiger partial charge in [0.25, 0.3) is 0 Å². The van der Waals surface area contributed by atoms with Crippen molar-refractivity contribution in [3.05, 3.63) is 87.8 Å². The Morgan fingerprint density at radius 3 is 2.75 bits per heavy atom. The highest BCUT2D eigenvalue weighted by Gasteiger charge is 2.38. The monoisotopic (exact) mass is 592 g/mol. The van der Waals surface area contributed by atoms with Gasteiger partial charge in [0.1, 0.15) is 18.1 Å². The van der Waals surface area contributed by atoms with Crippen molar-refractivity contribution in [3.8, 4) is 16.3 Å². The highest BCUT2D eigenvalue weighted by molar-refractivity contribution is 8.00. The summed E-state index contributed by atoms with van der Waals surface area (Å²) in [6, 6.07) is 19.8. The fourth-order valence-electron chi connectivity index (χ4n) is 5.15. The molecule has 0 bridgehead atoms. The Morgan fingerprint density at radius 2 is 2.02 bits per heavy atom. The number of ether oxygens (including phenoxy) is 1. The molecule has 2 aromatic heterocycles. The third-order valence-electron chi connectivity index (χ3n) is 7.13. The van der Waals surface area contributed by atoms with Gasteiger partial charge in [0.05, 0.1) is 27.7 Å². The quantitative estimate of drug-likeness (QED) is 0.284. The van der Waals surface area contributed by atoms with Crippen molar-refractivity contribution < 1.29 is 14.3 Å². The molecule has 206 valence electrons. The molecule has 2 amide bonds. The molecule has 4 aromatic rings. The molecular formula is C30H29ClN4O3S2. The maximum absolute atomic E-state index is 13.8. The van der Waals surface area contributed by atoms with Gasteiger partial charge in [0, 0.05) is 23.7 Å². The molecule has 2 atom stereocenters. The zero-order valence-corrected chi connectivity index (χ0v) is 24.4. The highest BCUT2D eigenvalue weighted by Crippen LogP contribution is 2.49. The number of carbonyl (C=O) groups is 2. The molecule has 0 saturated carbocycles. The number of amides is 2. The van der Waals surface area contributed by atoms with Gasteiger partial charge in [-0.05, 0) is 61.0 Å². The largest absolute Gasteiger partial charge is 0.376 e. The first-order valence-corrected chi connectivity index (χ1v) is 15.6. The van der Waals surface area contributed by atoms with Crippen LogP contribution in [0.25, 0.3) is 16.3 Å². The minimum atomic E-state index is -0.227. The zero-order chi connectivity index (χ0) is 27.6. The molecule has 4 heterocycles. The second kappa shape index (κ2) is 11.8. The predicted molar refractivity (Wildman–Crippen MR) is 162 cm³/mol. The molecule has 2 aromatic carbocycles. The summed E-state index contributed by atoms with van der Waals surface area (Å²) < 4.78 is 7.49. The smallest absolute Gasteiger partial charge is 0.240 e. The van der Waals surface area contributed by atoms with Gasteiger partial charge in [-0.25, -0.2) is 4.68 Å². The van der Waals surface area contributed by atoms with Gasteiger partial charge in [-0.2, -0.15) is 5.10 Å². The zero-order valence-electron chi connectivity index (χ0n) is 22.0. The number of aryl methyl sites for hydroxylation is 1. The number of thiophene rings is 1. The number of benzene rings is 2. The Hall–Kier alpha value is -3.11. The lowest BCUT2D eigenvalue weighted by Crippen LogP contribution is -2.44. The second-order valence-corrected chi connectivity index (χ2v) is 12.5. The first kappa shape index (κ1) is 27.1. The minimum absolute atomic E-state index is 0.0191. The van der Waals surface area contributed by atoms with E-state index in [9.17, 15) is 9.59 Å². The molecule has 1 saturated heterocycles. The number of nitrogens with zero attached hydrogens (tertiary/aromatic N) is 3. The lowest BCUT2D eigenvalue weighted by atomic mass is 10.0. The summed E-state index contributed by atoms with van der Waals surface area (Å²) in [6.07, 6.45) is 1.94. The number of fused-ring (bicyclic) bond motifs is 1. The van der Waals surface area contributed by atoms with Crippen LogP contribution in [0.3, 0.4) is 0 Å². The lowest BCUT2D eigenvalue weighted by molar-refractivity contribution is -0.123. The number of halogens is 1. The maximum Gasteiger partial charge on any atom is 0.240 e. The second-order valence-electron chi connectivity index (χ2n) is 9.98. The fraction of sp³-hybridized carbons (Fsp3) is 0.300. The van der Waals surface area contributed by atoms with Crippen LogP contribution in [0.15, 0.2) is 66.0 Å². The van der Waals surface area contributed by atoms with Gasteiger partial charge in [-0.15, -0.1) is 23.1 Å². The summed E-state index contributed by atoms with van der Waals surface area (Å²) in [5, 5.41) is 10.5. The molecular weight excluding hydrogens is 564 g/mol. The molecule has 0 unspecified atom stereocenters. The highest BCUT2D eigenvalue weighted by atomic mass is 35.5. The number of nitrogens with one attached hydrogen (secondary N) is 1. The molecule has 40 heavy (non-hydrogen) atoms. The van der Waals surface area contributed by atoms with Crippen molar-refractivity contribution in [1.82, 2.24) is 15.1 Å². The van der Waals surface area contributed by atoms with Crippen molar-refractivity contribution in [3.63, 3.8) is 0 Å². The average Bonchev–Trinajstić information content (AvgIpc) is 3.72. The van der Waals surface area contributed by atoms with Crippen molar-refractivity contribution in [2.45, 2.75) is 31.1 Å². The van der Waals surface area contributed by atoms with Crippen LogP contribution in [0.4, 0.5) is 5.82 Å². The van der Waals surface area contributed by atoms with Crippen LogP contribution in [0.2, 0.25) is 5.02 Å². The van der Waals surface area contributed by atoms with Crippen molar-refractivity contribution in [1.29, 1.82) is 0 Å². The lowest BCUT2D eigenvalue weighted by Gasteiger charge is -2.23. The van der Waals surface area contributed by atoms with Crippen LogP contribution in [0, 0.1) is 6.92 Å². The third kappa shape index (κ3) is 5.56. The summed E-state index contributed by atoms with van der Waals surface area (Å²) in [6.45, 7) is 3.08. The van der Waals surface area contributed by atoms with Gasteiger partial charge in [-0.3, -0.25) is 14.5 Å². The van der Waals surface area contributed by atoms with E-state index in [2.05, 4.69) is 5.32 Å². The standard InChI is InChI=1S/C30H29ClN4O3S2/c1-19-9-11-22(12-10-19)35-30-27(28(33-35)24-8-4-14-39-24)29(20-5-2-6-21(31)15-20)40-18-26(37)34(30)17-25(36)32-16-23-7-3-13-38-23/h2,4-6,8-12,14-15,23,29H,3,7,13,16-18H2,1H3,(H,32,36)/t23-,29+/m0/s1. The van der Waals surface area contributed by atoms with Crippen LogP contribution >= 0.6 is 34.7 Å². The van der Waals surface area contributed by atoms with E-state index in [1.54, 1.807) is 16.2 Å². The average molecular weight is 593 g/mol. The first-order chi connectivity index (χ1) is 19.5. The fourth-order valence-corrected chi connectivity index (χ4v) is 7.26. The van der Waals surface area contributed by atoms with Crippen LogP contribution in [0.5, 0.6) is 0 Å². The Morgan fingerprint density at radius 1 is 1.18 bits per heavy atom. The van der Waals surface area contributed by atoms with Crippen LogP contribution in [-0.4, -0.2) is 53.1 Å². The minimum Gasteiger partial charge on any atom is -0.376 e. The van der Waals surface area contributed by atoms with Crippen LogP contribution < -0.4 is 10.2 Å². The Labute approximate surface area is 246 Å². The van der Waals surface area contributed by atoms with E-state index in [0.29, 0.717) is 17.4 Å². The third-order valence-corrected chi connectivity index (χ3v) is 9.49. The summed E-state index contributed by atoms with van der Waals surface area (Å²) in [5.74, 6) is 0.451. The molecule has 10 heteroatoms. The van der Waals surface area contributed by atoms with E-state index in [1.807, 2.05) is 77.6 Å². The molecule has 2 aliphatic rings. The van der Waals surface area contributed by atoms with Crippen LogP contribution in [-0.2, 0) is 14.3 Å². The number of hydrogen-bond acceptors (Lipinski definition) is 6. The van der Waals surface area contributed by atoms with Gasteiger partial charge in [0.15, 0.2) is 0 Å². The normalized spacial score (nSPS) is 18.9. The molecule has 7 nitrogen and oxygen atoms in total. The number of carbonyl (C=O) groups excluding carboxylic acids is 2.